The van der Waals surface area contributed by atoms with E-state index in [1.807, 2.05) is 0 Å². The van der Waals surface area contributed by atoms with Gasteiger partial charge in [-0.1, -0.05) is 0 Å². The number of carboxylic acids is 2. The van der Waals surface area contributed by atoms with Gasteiger partial charge in [-0.25, -0.2) is 9.59 Å². The second kappa shape index (κ2) is 5.96. The van der Waals surface area contributed by atoms with Gasteiger partial charge in [-0.2, -0.15) is 10.4 Å². The minimum atomic E-state index is -1.31. The van der Waals surface area contributed by atoms with Gasteiger partial charge in [0.15, 0.2) is 5.84 Å². The van der Waals surface area contributed by atoms with Crippen LogP contribution < -0.4 is 11.2 Å². The van der Waals surface area contributed by atoms with Crippen molar-refractivity contribution in [3.8, 4) is 6.07 Å². The molecule has 0 aliphatic heterocycles. The summed E-state index contributed by atoms with van der Waals surface area (Å²) in [5.41, 5.74) is 6.46. The molecule has 0 saturated heterocycles. The number of amidine groups is 1. The van der Waals surface area contributed by atoms with Crippen molar-refractivity contribution in [3.05, 3.63) is 29.3 Å². The summed E-state index contributed by atoms with van der Waals surface area (Å²) in [6.45, 7) is 0. The van der Waals surface area contributed by atoms with Crippen LogP contribution in [0.15, 0.2) is 23.3 Å². The fraction of sp³-hybridized carbons (Fsp3) is 0. The van der Waals surface area contributed by atoms with Gasteiger partial charge in [0.25, 0.3) is 0 Å². The van der Waals surface area contributed by atoms with Gasteiger partial charge in [0.05, 0.1) is 16.8 Å². The van der Waals surface area contributed by atoms with Gasteiger partial charge in [0.1, 0.15) is 6.07 Å². The normalized spacial score (nSPS) is 10.4. The molecule has 0 aliphatic rings. The molecule has 9 heteroatoms. The number of carbonyl (C=O) groups is 2. The summed E-state index contributed by atoms with van der Waals surface area (Å²) in [6.07, 6.45) is 0. The predicted octanol–water partition coefficient (Wildman–Crippen LogP) is 0.310. The SMILES string of the molecule is N#C/C(=N\Nc1cc(C(=O)O)cc(C(=O)O)c1)C(=N)N. The molecule has 1 aromatic carbocycles. The van der Waals surface area contributed by atoms with Gasteiger partial charge in [-0.3, -0.25) is 10.8 Å². The van der Waals surface area contributed by atoms with Crippen molar-refractivity contribution in [2.45, 2.75) is 0 Å². The highest BCUT2D eigenvalue weighted by molar-refractivity contribution is 6.45. The van der Waals surface area contributed by atoms with Crippen molar-refractivity contribution in [1.82, 2.24) is 0 Å². The van der Waals surface area contributed by atoms with Crippen LogP contribution in [0.2, 0.25) is 0 Å². The molecule has 0 radical (unpaired) electrons. The van der Waals surface area contributed by atoms with Crippen LogP contribution in [0.1, 0.15) is 20.7 Å². The highest BCUT2D eigenvalue weighted by atomic mass is 16.4. The van der Waals surface area contributed by atoms with E-state index in [1.54, 1.807) is 6.07 Å². The van der Waals surface area contributed by atoms with Crippen LogP contribution >= 0.6 is 0 Å². The van der Waals surface area contributed by atoms with Gasteiger partial charge in [0, 0.05) is 0 Å². The summed E-state index contributed by atoms with van der Waals surface area (Å²) in [4.78, 5) is 21.7. The van der Waals surface area contributed by atoms with Crippen LogP contribution in [0, 0.1) is 16.7 Å². The number of nitrogens with two attached hydrogens (primary N) is 1. The van der Waals surface area contributed by atoms with E-state index >= 15 is 0 Å². The van der Waals surface area contributed by atoms with E-state index in [2.05, 4.69) is 10.5 Å². The topological polar surface area (TPSA) is 173 Å². The first-order chi connectivity index (χ1) is 9.35. The quantitative estimate of drug-likeness (QED) is 0.292. The van der Waals surface area contributed by atoms with Gasteiger partial charge in [-0.15, -0.1) is 0 Å². The number of carboxylic acid groups (broad SMARTS) is 2. The summed E-state index contributed by atoms with van der Waals surface area (Å²) in [7, 11) is 0. The van der Waals surface area contributed by atoms with Crippen LogP contribution in [0.4, 0.5) is 5.69 Å². The zero-order valence-corrected chi connectivity index (χ0v) is 9.91. The van der Waals surface area contributed by atoms with Crippen molar-refractivity contribution in [2.24, 2.45) is 10.8 Å². The lowest BCUT2D eigenvalue weighted by atomic mass is 10.1. The van der Waals surface area contributed by atoms with Crippen molar-refractivity contribution < 1.29 is 19.8 Å². The van der Waals surface area contributed by atoms with E-state index in [0.29, 0.717) is 0 Å². The van der Waals surface area contributed by atoms with E-state index in [1.165, 1.54) is 0 Å². The molecule has 1 rings (SSSR count). The first-order valence-electron chi connectivity index (χ1n) is 5.05. The lowest BCUT2D eigenvalue weighted by molar-refractivity contribution is 0.0696. The minimum Gasteiger partial charge on any atom is -0.478 e. The molecule has 102 valence electrons. The third-order valence-electron chi connectivity index (χ3n) is 2.08. The average molecular weight is 275 g/mol. The third kappa shape index (κ3) is 3.54. The smallest absolute Gasteiger partial charge is 0.335 e. The number of benzene rings is 1. The Morgan fingerprint density at radius 2 is 1.75 bits per heavy atom. The fourth-order valence-electron chi connectivity index (χ4n) is 1.20. The van der Waals surface area contributed by atoms with Crippen LogP contribution in [0.5, 0.6) is 0 Å². The van der Waals surface area contributed by atoms with E-state index in [-0.39, 0.29) is 16.8 Å². The summed E-state index contributed by atoms with van der Waals surface area (Å²) in [5, 5.41) is 36.9. The van der Waals surface area contributed by atoms with Crippen molar-refractivity contribution in [2.75, 3.05) is 5.43 Å². The summed E-state index contributed by atoms with van der Waals surface area (Å²) < 4.78 is 0. The van der Waals surface area contributed by atoms with Crippen LogP contribution in [0.3, 0.4) is 0 Å². The van der Waals surface area contributed by atoms with E-state index < -0.39 is 23.5 Å². The maximum absolute atomic E-state index is 10.9. The molecule has 0 spiro atoms. The number of aromatic carboxylic acids is 2. The molecule has 0 amide bonds. The zero-order valence-electron chi connectivity index (χ0n) is 9.91. The third-order valence-corrected chi connectivity index (χ3v) is 2.08. The molecular weight excluding hydrogens is 266 g/mol. The molecule has 6 N–H and O–H groups in total. The maximum atomic E-state index is 10.9. The number of nitrogens with one attached hydrogen (secondary N) is 2. The number of nitrogens with zero attached hydrogens (tertiary/aromatic N) is 2. The van der Waals surface area contributed by atoms with Gasteiger partial charge in [0.2, 0.25) is 5.71 Å². The van der Waals surface area contributed by atoms with Crippen molar-refractivity contribution in [3.63, 3.8) is 0 Å². The Hall–Kier alpha value is -3.41. The Kier molecular flexibility index (Phi) is 4.37. The van der Waals surface area contributed by atoms with E-state index in [0.717, 1.165) is 18.2 Å². The lowest BCUT2D eigenvalue weighted by Gasteiger charge is -2.05. The van der Waals surface area contributed by atoms with Crippen LogP contribution in [0.25, 0.3) is 0 Å². The molecular formula is C11H9N5O4. The Labute approximate surface area is 112 Å². The molecule has 0 atom stereocenters. The molecule has 9 nitrogen and oxygen atoms in total. The number of anilines is 1. The molecule has 1 aromatic rings. The number of hydrogen-bond donors (Lipinski definition) is 5. The molecule has 0 fully saturated rings. The average Bonchev–Trinajstić information content (AvgIpc) is 2.38. The zero-order chi connectivity index (χ0) is 15.3. The second-order valence-corrected chi connectivity index (χ2v) is 3.51. The molecule has 0 saturated carbocycles. The Morgan fingerprint density at radius 3 is 2.10 bits per heavy atom. The fourth-order valence-corrected chi connectivity index (χ4v) is 1.20. The first kappa shape index (κ1) is 14.7. The standard InChI is InChI=1S/C11H9N5O4/c12-4-8(9(13)14)16-15-7-2-5(10(17)18)1-6(3-7)11(19)20/h1-3,15H,(H3,13,14)(H,17,18)(H,19,20)/b16-8+. The Balaban J connectivity index is 3.19. The van der Waals surface area contributed by atoms with Gasteiger partial charge >= 0.3 is 11.9 Å². The summed E-state index contributed by atoms with van der Waals surface area (Å²) in [5.74, 6) is -3.20. The van der Waals surface area contributed by atoms with Gasteiger partial charge in [-0.05, 0) is 18.2 Å². The van der Waals surface area contributed by atoms with Crippen LogP contribution in [-0.2, 0) is 0 Å². The van der Waals surface area contributed by atoms with Crippen molar-refractivity contribution >= 4 is 29.2 Å². The van der Waals surface area contributed by atoms with Gasteiger partial charge < -0.3 is 15.9 Å². The highest BCUT2D eigenvalue weighted by Crippen LogP contribution is 2.15. The predicted molar refractivity (Wildman–Crippen MR) is 68.9 cm³/mol. The Morgan fingerprint density at radius 1 is 1.25 bits per heavy atom. The van der Waals surface area contributed by atoms with Crippen LogP contribution in [-0.4, -0.2) is 33.7 Å². The lowest BCUT2D eigenvalue weighted by Crippen LogP contribution is -2.21. The maximum Gasteiger partial charge on any atom is 0.335 e. The second-order valence-electron chi connectivity index (χ2n) is 3.51. The molecule has 0 bridgehead atoms. The molecule has 20 heavy (non-hydrogen) atoms. The first-order valence-corrected chi connectivity index (χ1v) is 5.05. The largest absolute Gasteiger partial charge is 0.478 e. The Bertz CT molecular complexity index is 627. The number of hydrogen-bond acceptors (Lipinski definition) is 6. The molecule has 0 unspecified atom stereocenters. The number of hydrazone groups is 1. The monoisotopic (exact) mass is 275 g/mol. The molecule has 0 heterocycles. The summed E-state index contributed by atoms with van der Waals surface area (Å²) in [6, 6.07) is 4.80. The summed E-state index contributed by atoms with van der Waals surface area (Å²) >= 11 is 0. The highest BCUT2D eigenvalue weighted by Gasteiger charge is 2.11. The van der Waals surface area contributed by atoms with E-state index in [4.69, 9.17) is 26.6 Å². The van der Waals surface area contributed by atoms with Crippen molar-refractivity contribution in [1.29, 1.82) is 10.7 Å². The molecule has 0 aromatic heterocycles. The van der Waals surface area contributed by atoms with E-state index in [9.17, 15) is 9.59 Å². The minimum absolute atomic E-state index is 0.0382. The number of nitriles is 1. The molecule has 0 aliphatic carbocycles. The number of rotatable bonds is 5.